The van der Waals surface area contributed by atoms with Gasteiger partial charge in [-0.3, -0.25) is 9.59 Å². The first-order valence-corrected chi connectivity index (χ1v) is 9.48. The van der Waals surface area contributed by atoms with Crippen molar-refractivity contribution < 1.29 is 14.3 Å². The minimum atomic E-state index is -0.311. The molecule has 2 aromatic rings. The number of carbonyl (C=O) groups is 2. The molecule has 2 aromatic carbocycles. The van der Waals surface area contributed by atoms with Crippen molar-refractivity contribution in [3.05, 3.63) is 59.7 Å². The summed E-state index contributed by atoms with van der Waals surface area (Å²) in [4.78, 5) is 27.0. The molecule has 0 saturated carbocycles. The maximum atomic E-state index is 12.8. The van der Waals surface area contributed by atoms with Gasteiger partial charge >= 0.3 is 0 Å². The fourth-order valence-electron chi connectivity index (χ4n) is 4.09. The highest BCUT2D eigenvalue weighted by Crippen LogP contribution is 2.31. The van der Waals surface area contributed by atoms with Gasteiger partial charge in [-0.2, -0.15) is 0 Å². The van der Waals surface area contributed by atoms with E-state index in [1.165, 1.54) is 11.1 Å². The molecule has 0 bridgehead atoms. The Labute approximate surface area is 159 Å². The fourth-order valence-corrected chi connectivity index (χ4v) is 4.09. The van der Waals surface area contributed by atoms with Crippen molar-refractivity contribution in [2.45, 2.75) is 31.7 Å². The van der Waals surface area contributed by atoms with E-state index in [4.69, 9.17) is 4.74 Å². The van der Waals surface area contributed by atoms with E-state index < -0.39 is 0 Å². The van der Waals surface area contributed by atoms with E-state index in [2.05, 4.69) is 17.4 Å². The Hall–Kier alpha value is -2.82. The molecule has 140 valence electrons. The SMILES string of the molecule is COc1ccc(N2C[C@H](C(=O)N[C@H]3CCCc4ccccc43)CC2=O)cc1. The highest BCUT2D eigenvalue weighted by atomic mass is 16.5. The summed E-state index contributed by atoms with van der Waals surface area (Å²) >= 11 is 0. The topological polar surface area (TPSA) is 58.6 Å². The van der Waals surface area contributed by atoms with Crippen LogP contribution >= 0.6 is 0 Å². The smallest absolute Gasteiger partial charge is 0.227 e. The maximum Gasteiger partial charge on any atom is 0.227 e. The Kier molecular flexibility index (Phi) is 4.84. The number of methoxy groups -OCH3 is 1. The van der Waals surface area contributed by atoms with Gasteiger partial charge in [-0.15, -0.1) is 0 Å². The Morgan fingerprint density at radius 1 is 1.15 bits per heavy atom. The summed E-state index contributed by atoms with van der Waals surface area (Å²) in [6, 6.07) is 15.7. The summed E-state index contributed by atoms with van der Waals surface area (Å²) in [5, 5.41) is 3.19. The van der Waals surface area contributed by atoms with E-state index in [0.717, 1.165) is 30.7 Å². The van der Waals surface area contributed by atoms with Gasteiger partial charge in [-0.25, -0.2) is 0 Å². The van der Waals surface area contributed by atoms with Crippen molar-refractivity contribution >= 4 is 17.5 Å². The summed E-state index contributed by atoms with van der Waals surface area (Å²) in [6.07, 6.45) is 3.34. The summed E-state index contributed by atoms with van der Waals surface area (Å²) in [7, 11) is 1.61. The van der Waals surface area contributed by atoms with Crippen LogP contribution in [0.3, 0.4) is 0 Å². The minimum Gasteiger partial charge on any atom is -0.497 e. The molecule has 1 N–H and O–H groups in total. The van der Waals surface area contributed by atoms with E-state index in [1.54, 1.807) is 12.0 Å². The molecular weight excluding hydrogens is 340 g/mol. The van der Waals surface area contributed by atoms with E-state index in [9.17, 15) is 9.59 Å². The third kappa shape index (κ3) is 3.54. The van der Waals surface area contributed by atoms with Gasteiger partial charge in [0.1, 0.15) is 5.75 Å². The quantitative estimate of drug-likeness (QED) is 0.906. The van der Waals surface area contributed by atoms with E-state index >= 15 is 0 Å². The number of anilines is 1. The summed E-state index contributed by atoms with van der Waals surface area (Å²) < 4.78 is 5.16. The van der Waals surface area contributed by atoms with Crippen LogP contribution in [0.5, 0.6) is 5.75 Å². The molecule has 1 aliphatic carbocycles. The van der Waals surface area contributed by atoms with Gasteiger partial charge in [0.2, 0.25) is 11.8 Å². The van der Waals surface area contributed by atoms with Crippen molar-refractivity contribution in [1.82, 2.24) is 5.32 Å². The van der Waals surface area contributed by atoms with Crippen molar-refractivity contribution in [2.75, 3.05) is 18.6 Å². The van der Waals surface area contributed by atoms with Crippen molar-refractivity contribution in [2.24, 2.45) is 5.92 Å². The number of ether oxygens (including phenoxy) is 1. The second-order valence-electron chi connectivity index (χ2n) is 7.26. The highest BCUT2D eigenvalue weighted by Gasteiger charge is 2.36. The van der Waals surface area contributed by atoms with Crippen LogP contribution < -0.4 is 15.0 Å². The van der Waals surface area contributed by atoms with Crippen LogP contribution in [0.2, 0.25) is 0 Å². The standard InChI is InChI=1S/C22H24N2O3/c1-27-18-11-9-17(10-12-18)24-14-16(13-21(24)25)22(26)23-20-8-4-6-15-5-2-3-7-19(15)20/h2-3,5,7,9-12,16,20H,4,6,8,13-14H2,1H3,(H,23,26)/t16-,20+/m1/s1. The number of aryl methyl sites for hydroxylation is 1. The summed E-state index contributed by atoms with van der Waals surface area (Å²) in [6.45, 7) is 0.422. The maximum absolute atomic E-state index is 12.8. The highest BCUT2D eigenvalue weighted by molar-refractivity contribution is 6.00. The predicted octanol–water partition coefficient (Wildman–Crippen LogP) is 3.24. The van der Waals surface area contributed by atoms with Gasteiger partial charge in [0, 0.05) is 18.7 Å². The van der Waals surface area contributed by atoms with Crippen LogP contribution in [0.4, 0.5) is 5.69 Å². The number of carbonyl (C=O) groups excluding carboxylic acids is 2. The van der Waals surface area contributed by atoms with Gasteiger partial charge in [-0.1, -0.05) is 24.3 Å². The lowest BCUT2D eigenvalue weighted by Gasteiger charge is -2.27. The Balaban J connectivity index is 1.44. The molecule has 0 radical (unpaired) electrons. The molecule has 5 nitrogen and oxygen atoms in total. The molecule has 0 unspecified atom stereocenters. The average Bonchev–Trinajstić information content (AvgIpc) is 3.10. The first-order valence-electron chi connectivity index (χ1n) is 9.48. The first kappa shape index (κ1) is 17.6. The predicted molar refractivity (Wildman–Crippen MR) is 104 cm³/mol. The lowest BCUT2D eigenvalue weighted by molar-refractivity contribution is -0.127. The molecule has 2 aliphatic rings. The van der Waals surface area contributed by atoms with Crippen LogP contribution in [0.25, 0.3) is 0 Å². The van der Waals surface area contributed by atoms with E-state index in [1.807, 2.05) is 36.4 Å². The molecule has 1 aliphatic heterocycles. The number of amides is 2. The Morgan fingerprint density at radius 2 is 1.93 bits per heavy atom. The molecule has 2 atom stereocenters. The normalized spacial score (nSPS) is 21.7. The number of benzene rings is 2. The van der Waals surface area contributed by atoms with Crippen molar-refractivity contribution in [3.8, 4) is 5.75 Å². The first-order chi connectivity index (χ1) is 13.2. The summed E-state index contributed by atoms with van der Waals surface area (Å²) in [5.41, 5.74) is 3.34. The molecule has 0 spiro atoms. The second kappa shape index (κ2) is 7.43. The van der Waals surface area contributed by atoms with Gasteiger partial charge in [0.25, 0.3) is 0 Å². The van der Waals surface area contributed by atoms with Crippen molar-refractivity contribution in [3.63, 3.8) is 0 Å². The lowest BCUT2D eigenvalue weighted by atomic mass is 9.87. The number of rotatable bonds is 4. The largest absolute Gasteiger partial charge is 0.497 e. The number of nitrogens with zero attached hydrogens (tertiary/aromatic N) is 1. The number of fused-ring (bicyclic) bond motifs is 1. The third-order valence-electron chi connectivity index (χ3n) is 5.57. The number of nitrogens with one attached hydrogen (secondary N) is 1. The molecule has 27 heavy (non-hydrogen) atoms. The molecule has 1 fully saturated rings. The second-order valence-corrected chi connectivity index (χ2v) is 7.26. The summed E-state index contributed by atoms with van der Waals surface area (Å²) in [5.74, 6) is 0.398. The molecule has 2 amide bonds. The number of hydrogen-bond acceptors (Lipinski definition) is 3. The van der Waals surface area contributed by atoms with Crippen LogP contribution in [0, 0.1) is 5.92 Å². The Bertz CT molecular complexity index is 847. The van der Waals surface area contributed by atoms with Crippen molar-refractivity contribution in [1.29, 1.82) is 0 Å². The Morgan fingerprint density at radius 3 is 2.70 bits per heavy atom. The van der Waals surface area contributed by atoms with Crippen LogP contribution in [-0.2, 0) is 16.0 Å². The van der Waals surface area contributed by atoms with Crippen LogP contribution in [0.15, 0.2) is 48.5 Å². The fraction of sp³-hybridized carbons (Fsp3) is 0.364. The molecule has 1 heterocycles. The monoisotopic (exact) mass is 364 g/mol. The zero-order chi connectivity index (χ0) is 18.8. The molecular formula is C22H24N2O3. The number of hydrogen-bond donors (Lipinski definition) is 1. The van der Waals surface area contributed by atoms with E-state index in [0.29, 0.717) is 6.54 Å². The molecule has 4 rings (SSSR count). The van der Waals surface area contributed by atoms with Gasteiger partial charge in [0.15, 0.2) is 0 Å². The van der Waals surface area contributed by atoms with Crippen LogP contribution in [-0.4, -0.2) is 25.5 Å². The third-order valence-corrected chi connectivity index (χ3v) is 5.57. The molecule has 5 heteroatoms. The molecule has 1 saturated heterocycles. The van der Waals surface area contributed by atoms with E-state index in [-0.39, 0.29) is 30.2 Å². The lowest BCUT2D eigenvalue weighted by Crippen LogP contribution is -2.36. The zero-order valence-electron chi connectivity index (χ0n) is 15.5. The molecule has 0 aromatic heterocycles. The minimum absolute atomic E-state index is 0.00985. The van der Waals surface area contributed by atoms with Gasteiger partial charge < -0.3 is 15.0 Å². The van der Waals surface area contributed by atoms with Crippen LogP contribution in [0.1, 0.15) is 36.4 Å². The zero-order valence-corrected chi connectivity index (χ0v) is 15.5. The van der Waals surface area contributed by atoms with Gasteiger partial charge in [-0.05, 0) is 54.7 Å². The van der Waals surface area contributed by atoms with Gasteiger partial charge in [0.05, 0.1) is 19.1 Å². The average molecular weight is 364 g/mol.